The smallest absolute Gasteiger partial charge is 0.225 e. The molecule has 10 heteroatoms. The monoisotopic (exact) mass is 534 g/mol. The van der Waals surface area contributed by atoms with E-state index in [1.165, 1.54) is 6.07 Å². The summed E-state index contributed by atoms with van der Waals surface area (Å²) in [7, 11) is -8.93. The minimum atomic E-state index is -4.50. The molecule has 4 N–H and O–H groups in total. The maximum Gasteiger partial charge on any atom is 0.239 e. The minimum Gasteiger partial charge on any atom is -0.225 e. The van der Waals surface area contributed by atoms with Crippen molar-refractivity contribution in [3.63, 3.8) is 0 Å². The van der Waals surface area contributed by atoms with Gasteiger partial charge in [-0.1, -0.05) is 59.6 Å². The van der Waals surface area contributed by atoms with Crippen LogP contribution in [0.15, 0.2) is 70.5 Å². The summed E-state index contributed by atoms with van der Waals surface area (Å²) < 4.78 is 52.4. The van der Waals surface area contributed by atoms with Crippen LogP contribution in [0.5, 0.6) is 0 Å². The number of fused-ring (bicyclic) bond motifs is 1. The molecule has 0 saturated carbocycles. The normalized spacial score (nSPS) is 12.3. The first-order chi connectivity index (χ1) is 15.8. The van der Waals surface area contributed by atoms with Crippen molar-refractivity contribution in [3.05, 3.63) is 81.8 Å². The Labute approximate surface area is 208 Å². The molecule has 0 amide bonds. The lowest BCUT2D eigenvalue weighted by molar-refractivity contribution is 0.597. The van der Waals surface area contributed by atoms with E-state index in [1.54, 1.807) is 68.4 Å². The number of rotatable bonds is 4. The zero-order valence-corrected chi connectivity index (χ0v) is 21.3. The molecule has 0 atom stereocenters. The highest BCUT2D eigenvalue weighted by Gasteiger charge is 2.32. The van der Waals surface area contributed by atoms with Gasteiger partial charge in [-0.05, 0) is 65.8 Å². The van der Waals surface area contributed by atoms with Crippen molar-refractivity contribution in [2.45, 2.75) is 23.6 Å². The maximum atomic E-state index is 13.2. The molecular formula is C24H20Cl2N2O4S2. The number of hydrogen-bond acceptors (Lipinski definition) is 4. The standard InChI is InChI=1S/C24H20Cl2N2O4S2/c1-13-7-9-15(25)11-19(13)21-17-5-3-4-6-18(17)23(33(27,29)30)22(24(21)34(28,31)32)20-12-16(26)10-8-14(20)2/h3-12H,1-2H3,(H2,27,29,30)(H2,28,31,32). The molecule has 0 aliphatic heterocycles. The lowest BCUT2D eigenvalue weighted by Gasteiger charge is -2.23. The van der Waals surface area contributed by atoms with Crippen LogP contribution in [0.4, 0.5) is 0 Å². The largest absolute Gasteiger partial charge is 0.239 e. The Balaban J connectivity index is 2.46. The number of halogens is 2. The predicted molar refractivity (Wildman–Crippen MR) is 137 cm³/mol. The fourth-order valence-electron chi connectivity index (χ4n) is 4.20. The van der Waals surface area contributed by atoms with E-state index in [0.29, 0.717) is 21.5 Å². The van der Waals surface area contributed by atoms with E-state index >= 15 is 0 Å². The molecule has 4 rings (SSSR count). The van der Waals surface area contributed by atoms with Gasteiger partial charge < -0.3 is 0 Å². The highest BCUT2D eigenvalue weighted by atomic mass is 35.5. The molecule has 0 radical (unpaired) electrons. The first kappa shape index (κ1) is 24.7. The molecule has 0 aromatic heterocycles. The maximum absolute atomic E-state index is 13.2. The van der Waals surface area contributed by atoms with Crippen LogP contribution in [0.25, 0.3) is 33.0 Å². The molecule has 0 saturated heterocycles. The van der Waals surface area contributed by atoms with Crippen LogP contribution in [-0.4, -0.2) is 16.8 Å². The van der Waals surface area contributed by atoms with E-state index in [4.69, 9.17) is 33.5 Å². The lowest BCUT2D eigenvalue weighted by atomic mass is 9.89. The van der Waals surface area contributed by atoms with Gasteiger partial charge in [0.05, 0.1) is 9.79 Å². The Morgan fingerprint density at radius 2 is 1.06 bits per heavy atom. The molecule has 0 bridgehead atoms. The summed E-state index contributed by atoms with van der Waals surface area (Å²) in [5.41, 5.74) is 2.19. The summed E-state index contributed by atoms with van der Waals surface area (Å²) in [4.78, 5) is -0.716. The molecule has 34 heavy (non-hydrogen) atoms. The first-order valence-corrected chi connectivity index (χ1v) is 13.8. The fourth-order valence-corrected chi connectivity index (χ4v) is 6.59. The van der Waals surface area contributed by atoms with E-state index in [2.05, 4.69) is 0 Å². The first-order valence-electron chi connectivity index (χ1n) is 9.98. The molecule has 0 aliphatic carbocycles. The molecule has 0 heterocycles. The van der Waals surface area contributed by atoms with Crippen LogP contribution in [0.3, 0.4) is 0 Å². The molecule has 6 nitrogen and oxygen atoms in total. The van der Waals surface area contributed by atoms with Crippen molar-refractivity contribution in [1.29, 1.82) is 0 Å². The van der Waals surface area contributed by atoms with Crippen LogP contribution in [0.1, 0.15) is 11.1 Å². The molecule has 0 fully saturated rings. The van der Waals surface area contributed by atoms with Crippen LogP contribution in [0, 0.1) is 13.8 Å². The van der Waals surface area contributed by atoms with Gasteiger partial charge >= 0.3 is 0 Å². The van der Waals surface area contributed by atoms with Crippen molar-refractivity contribution < 1.29 is 16.8 Å². The average molecular weight is 535 g/mol. The summed E-state index contributed by atoms with van der Waals surface area (Å²) in [5, 5.41) is 12.7. The lowest BCUT2D eigenvalue weighted by Crippen LogP contribution is -2.20. The second kappa shape index (κ2) is 8.64. The Kier molecular flexibility index (Phi) is 6.27. The number of hydrogen-bond donors (Lipinski definition) is 2. The Morgan fingerprint density at radius 1 is 0.618 bits per heavy atom. The van der Waals surface area contributed by atoms with Gasteiger partial charge in [-0.15, -0.1) is 0 Å². The van der Waals surface area contributed by atoms with Crippen molar-refractivity contribution in [2.24, 2.45) is 10.3 Å². The second-order valence-electron chi connectivity index (χ2n) is 7.96. The molecule has 4 aromatic rings. The van der Waals surface area contributed by atoms with E-state index in [9.17, 15) is 16.8 Å². The van der Waals surface area contributed by atoms with Gasteiger partial charge in [0.2, 0.25) is 20.0 Å². The summed E-state index contributed by atoms with van der Waals surface area (Å²) in [6.07, 6.45) is 0. The van der Waals surface area contributed by atoms with Gasteiger partial charge in [0, 0.05) is 26.6 Å². The number of nitrogens with two attached hydrogens (primary N) is 2. The van der Waals surface area contributed by atoms with Gasteiger partial charge in [0.15, 0.2) is 0 Å². The average Bonchev–Trinajstić information content (AvgIpc) is 2.74. The molecule has 4 aromatic carbocycles. The summed E-state index contributed by atoms with van der Waals surface area (Å²) in [6, 6.07) is 16.4. The molecule has 0 aliphatic rings. The topological polar surface area (TPSA) is 120 Å². The summed E-state index contributed by atoms with van der Waals surface area (Å²) in [5.74, 6) is 0. The van der Waals surface area contributed by atoms with Gasteiger partial charge in [0.25, 0.3) is 0 Å². The summed E-state index contributed by atoms with van der Waals surface area (Å²) >= 11 is 12.5. The van der Waals surface area contributed by atoms with E-state index in [1.807, 2.05) is 0 Å². The van der Waals surface area contributed by atoms with Crippen LogP contribution >= 0.6 is 23.2 Å². The van der Waals surface area contributed by atoms with Crippen molar-refractivity contribution in [3.8, 4) is 22.3 Å². The van der Waals surface area contributed by atoms with E-state index in [0.717, 1.165) is 5.56 Å². The van der Waals surface area contributed by atoms with Crippen LogP contribution in [-0.2, 0) is 20.0 Å². The summed E-state index contributed by atoms with van der Waals surface area (Å²) in [6.45, 7) is 3.51. The third-order valence-corrected chi connectivity index (χ3v) is 8.07. The van der Waals surface area contributed by atoms with Gasteiger partial charge in [-0.25, -0.2) is 27.1 Å². The molecular weight excluding hydrogens is 515 g/mol. The zero-order chi connectivity index (χ0) is 25.0. The number of benzene rings is 4. The third-order valence-electron chi connectivity index (χ3n) is 5.63. The SMILES string of the molecule is Cc1ccc(Cl)cc1-c1c(S(N)(=O)=O)c(-c2cc(Cl)ccc2C)c2ccccc2c1S(N)(=O)=O. The zero-order valence-electron chi connectivity index (χ0n) is 18.1. The van der Waals surface area contributed by atoms with Crippen molar-refractivity contribution in [2.75, 3.05) is 0 Å². The van der Waals surface area contributed by atoms with E-state index in [-0.39, 0.29) is 36.9 Å². The number of aryl methyl sites for hydroxylation is 2. The Hall–Kier alpha value is -2.46. The molecule has 0 unspecified atom stereocenters. The third kappa shape index (κ3) is 4.33. The van der Waals surface area contributed by atoms with Crippen molar-refractivity contribution in [1.82, 2.24) is 0 Å². The Bertz CT molecular complexity index is 1700. The minimum absolute atomic E-state index is 0.127. The predicted octanol–water partition coefficient (Wildman–Crippen LogP) is 5.39. The fraction of sp³-hybridized carbons (Fsp3) is 0.0833. The molecule has 0 spiro atoms. The van der Waals surface area contributed by atoms with E-state index < -0.39 is 20.0 Å². The highest BCUT2D eigenvalue weighted by Crippen LogP contribution is 2.47. The second-order valence-corrected chi connectivity index (χ2v) is 11.8. The quantitative estimate of drug-likeness (QED) is 0.364. The van der Waals surface area contributed by atoms with Crippen LogP contribution < -0.4 is 10.3 Å². The Morgan fingerprint density at radius 3 is 1.53 bits per heavy atom. The number of sulfonamides is 2. The highest BCUT2D eigenvalue weighted by molar-refractivity contribution is 7.90. The number of primary sulfonamides is 2. The molecule has 176 valence electrons. The van der Waals surface area contributed by atoms with Gasteiger partial charge in [-0.2, -0.15) is 0 Å². The van der Waals surface area contributed by atoms with Gasteiger partial charge in [-0.3, -0.25) is 0 Å². The van der Waals surface area contributed by atoms with Crippen LogP contribution in [0.2, 0.25) is 10.0 Å². The van der Waals surface area contributed by atoms with Gasteiger partial charge in [0.1, 0.15) is 0 Å². The van der Waals surface area contributed by atoms with Crippen molar-refractivity contribution >= 4 is 54.0 Å².